The highest BCUT2D eigenvalue weighted by Gasteiger charge is 2.44. The topological polar surface area (TPSA) is 64.7 Å². The summed E-state index contributed by atoms with van der Waals surface area (Å²) in [5.74, 6) is -0.702. The molecule has 1 saturated heterocycles. The first-order valence-electron chi connectivity index (χ1n) is 9.78. The summed E-state index contributed by atoms with van der Waals surface area (Å²) in [5, 5.41) is 6.01. The van der Waals surface area contributed by atoms with E-state index in [9.17, 15) is 14.0 Å². The van der Waals surface area contributed by atoms with Crippen molar-refractivity contribution in [2.24, 2.45) is 0 Å². The number of piperidine rings is 1. The lowest BCUT2D eigenvalue weighted by Gasteiger charge is -2.51. The molecule has 0 saturated carbocycles. The van der Waals surface area contributed by atoms with Crippen molar-refractivity contribution in [3.8, 4) is 0 Å². The molecule has 0 aliphatic carbocycles. The molecule has 3 amide bonds. The van der Waals surface area contributed by atoms with Crippen LogP contribution < -0.4 is 15.5 Å². The number of anilines is 2. The van der Waals surface area contributed by atoms with Crippen molar-refractivity contribution in [1.82, 2.24) is 10.2 Å². The lowest BCUT2D eigenvalue weighted by molar-refractivity contribution is 0.0814. The Morgan fingerprint density at radius 2 is 1.83 bits per heavy atom. The van der Waals surface area contributed by atoms with Gasteiger partial charge in [-0.1, -0.05) is 6.07 Å². The van der Waals surface area contributed by atoms with E-state index < -0.39 is 11.5 Å². The number of hydrogen-bond donors (Lipinski definition) is 2. The Bertz CT molecular complexity index is 983. The highest BCUT2D eigenvalue weighted by Crippen LogP contribution is 2.36. The number of nitrogens with zero attached hydrogens (tertiary/aromatic N) is 2. The van der Waals surface area contributed by atoms with E-state index in [1.165, 1.54) is 17.7 Å². The summed E-state index contributed by atoms with van der Waals surface area (Å²) < 4.78 is 13.5. The van der Waals surface area contributed by atoms with Crippen LogP contribution in [-0.4, -0.2) is 42.6 Å². The van der Waals surface area contributed by atoms with Crippen LogP contribution in [0.2, 0.25) is 0 Å². The number of carbonyl (C=O) groups excluding carboxylic acids is 2. The number of benzene rings is 2. The maximum absolute atomic E-state index is 13.5. The lowest BCUT2D eigenvalue weighted by atomic mass is 9.90. The fraction of sp³-hybridized carbons (Fsp3) is 0.364. The molecule has 1 spiro atoms. The quantitative estimate of drug-likeness (QED) is 0.773. The minimum absolute atomic E-state index is 0.143. The Kier molecular flexibility index (Phi) is 4.68. The van der Waals surface area contributed by atoms with Gasteiger partial charge in [0.05, 0.1) is 11.3 Å². The van der Waals surface area contributed by atoms with Crippen molar-refractivity contribution in [1.29, 1.82) is 0 Å². The molecule has 6 nitrogen and oxygen atoms in total. The average Bonchev–Trinajstić information content (AvgIpc) is 2.69. The monoisotopic (exact) mass is 396 g/mol. The highest BCUT2D eigenvalue weighted by molar-refractivity contribution is 6.02. The second-order valence-corrected chi connectivity index (χ2v) is 7.92. The van der Waals surface area contributed by atoms with Gasteiger partial charge in [0, 0.05) is 38.7 Å². The van der Waals surface area contributed by atoms with Gasteiger partial charge in [-0.05, 0) is 55.3 Å². The third-order valence-electron chi connectivity index (χ3n) is 6.19. The van der Waals surface area contributed by atoms with Crippen molar-refractivity contribution in [2.75, 3.05) is 30.4 Å². The van der Waals surface area contributed by atoms with E-state index in [4.69, 9.17) is 0 Å². The zero-order chi connectivity index (χ0) is 20.8. The number of amides is 3. The third-order valence-corrected chi connectivity index (χ3v) is 6.19. The second-order valence-electron chi connectivity index (χ2n) is 7.92. The van der Waals surface area contributed by atoms with Gasteiger partial charge in [-0.25, -0.2) is 9.18 Å². The number of rotatable bonds is 1. The van der Waals surface area contributed by atoms with E-state index in [1.54, 1.807) is 11.0 Å². The molecule has 2 aromatic carbocycles. The molecule has 0 unspecified atom stereocenters. The zero-order valence-corrected chi connectivity index (χ0v) is 16.9. The predicted molar refractivity (Wildman–Crippen MR) is 111 cm³/mol. The Morgan fingerprint density at radius 3 is 2.52 bits per heavy atom. The van der Waals surface area contributed by atoms with Gasteiger partial charge < -0.3 is 20.4 Å². The van der Waals surface area contributed by atoms with Crippen LogP contribution in [0.5, 0.6) is 0 Å². The summed E-state index contributed by atoms with van der Waals surface area (Å²) in [4.78, 5) is 29.0. The maximum Gasteiger partial charge on any atom is 0.321 e. The van der Waals surface area contributed by atoms with E-state index in [0.29, 0.717) is 37.2 Å². The van der Waals surface area contributed by atoms with E-state index in [0.717, 1.165) is 11.3 Å². The number of likely N-dealkylation sites (tertiary alicyclic amines) is 1. The van der Waals surface area contributed by atoms with Gasteiger partial charge in [0.25, 0.3) is 5.91 Å². The lowest BCUT2D eigenvalue weighted by Crippen LogP contribution is -2.67. The Morgan fingerprint density at radius 1 is 1.10 bits per heavy atom. The Labute approximate surface area is 169 Å². The van der Waals surface area contributed by atoms with Crippen molar-refractivity contribution in [3.05, 3.63) is 58.9 Å². The molecule has 0 bridgehead atoms. The van der Waals surface area contributed by atoms with Crippen LogP contribution in [0.25, 0.3) is 0 Å². The molecule has 0 radical (unpaired) electrons. The van der Waals surface area contributed by atoms with Gasteiger partial charge >= 0.3 is 6.03 Å². The number of aryl methyl sites for hydroxylation is 2. The molecule has 0 aromatic heterocycles. The number of hydrogen-bond acceptors (Lipinski definition) is 3. The van der Waals surface area contributed by atoms with Gasteiger partial charge in [-0.2, -0.15) is 0 Å². The SMILES string of the molecule is Cc1ccc(NC(=O)N2CCC3(CC2)NC(=O)c2cc(F)ccc2N3C)cc1C. The van der Waals surface area contributed by atoms with Gasteiger partial charge in [0.15, 0.2) is 0 Å². The largest absolute Gasteiger partial charge is 0.351 e. The van der Waals surface area contributed by atoms with E-state index in [2.05, 4.69) is 10.6 Å². The molecule has 1 fully saturated rings. The van der Waals surface area contributed by atoms with Crippen molar-refractivity contribution in [3.63, 3.8) is 0 Å². The average molecular weight is 396 g/mol. The van der Waals surface area contributed by atoms with Gasteiger partial charge in [0.2, 0.25) is 0 Å². The number of halogens is 1. The molecule has 4 rings (SSSR count). The minimum atomic E-state index is -0.570. The van der Waals surface area contributed by atoms with Crippen LogP contribution in [0.1, 0.15) is 34.3 Å². The van der Waals surface area contributed by atoms with E-state index in [-0.39, 0.29) is 11.9 Å². The predicted octanol–water partition coefficient (Wildman–Crippen LogP) is 3.65. The van der Waals surface area contributed by atoms with E-state index in [1.807, 2.05) is 44.0 Å². The normalized spacial score (nSPS) is 17.7. The molecule has 29 heavy (non-hydrogen) atoms. The Balaban J connectivity index is 1.46. The number of carbonyl (C=O) groups is 2. The molecule has 2 N–H and O–H groups in total. The molecule has 2 heterocycles. The molecule has 0 atom stereocenters. The Hall–Kier alpha value is -3.09. The highest BCUT2D eigenvalue weighted by atomic mass is 19.1. The zero-order valence-electron chi connectivity index (χ0n) is 16.9. The number of fused-ring (bicyclic) bond motifs is 1. The first kappa shape index (κ1) is 19.2. The van der Waals surface area contributed by atoms with Crippen molar-refractivity contribution < 1.29 is 14.0 Å². The number of nitrogens with one attached hydrogen (secondary N) is 2. The van der Waals surface area contributed by atoms with Crippen LogP contribution >= 0.6 is 0 Å². The molecule has 2 aliphatic heterocycles. The fourth-order valence-electron chi connectivity index (χ4n) is 4.14. The summed E-state index contributed by atoms with van der Waals surface area (Å²) in [6.07, 6.45) is 1.18. The summed E-state index contributed by atoms with van der Waals surface area (Å²) in [5.41, 5.74) is 3.56. The molecule has 2 aromatic rings. The van der Waals surface area contributed by atoms with E-state index >= 15 is 0 Å². The smallest absolute Gasteiger partial charge is 0.321 e. The minimum Gasteiger partial charge on any atom is -0.351 e. The summed E-state index contributed by atoms with van der Waals surface area (Å²) in [7, 11) is 1.90. The molecule has 152 valence electrons. The van der Waals surface area contributed by atoms with Crippen LogP contribution in [0, 0.1) is 19.7 Å². The van der Waals surface area contributed by atoms with Gasteiger partial charge in [-0.15, -0.1) is 0 Å². The standard InChI is InChI=1S/C22H25FN4O2/c1-14-4-6-17(12-15(14)2)24-21(29)27-10-8-22(9-11-27)25-20(28)18-13-16(23)5-7-19(18)26(22)3/h4-7,12-13H,8-11H2,1-3H3,(H,24,29)(H,25,28). The molecule has 2 aliphatic rings. The van der Waals surface area contributed by atoms with Gasteiger partial charge in [-0.3, -0.25) is 4.79 Å². The number of urea groups is 1. The molecular formula is C22H25FN4O2. The first-order chi connectivity index (χ1) is 13.8. The third kappa shape index (κ3) is 3.41. The van der Waals surface area contributed by atoms with Crippen LogP contribution in [-0.2, 0) is 0 Å². The van der Waals surface area contributed by atoms with Crippen LogP contribution in [0.4, 0.5) is 20.6 Å². The van der Waals surface area contributed by atoms with Crippen molar-refractivity contribution >= 4 is 23.3 Å². The first-order valence-corrected chi connectivity index (χ1v) is 9.78. The summed E-state index contributed by atoms with van der Waals surface area (Å²) >= 11 is 0. The van der Waals surface area contributed by atoms with Crippen molar-refractivity contribution in [2.45, 2.75) is 32.4 Å². The fourth-order valence-corrected chi connectivity index (χ4v) is 4.14. The second kappa shape index (κ2) is 7.06. The van der Waals surface area contributed by atoms with Gasteiger partial charge in [0.1, 0.15) is 11.5 Å². The maximum atomic E-state index is 13.5. The molecule has 7 heteroatoms. The summed E-state index contributed by atoms with van der Waals surface area (Å²) in [6, 6.07) is 9.98. The van der Waals surface area contributed by atoms with Crippen LogP contribution in [0.3, 0.4) is 0 Å². The summed E-state index contributed by atoms with van der Waals surface area (Å²) in [6.45, 7) is 5.07. The molecular weight excluding hydrogens is 371 g/mol. The van der Waals surface area contributed by atoms with Crippen LogP contribution in [0.15, 0.2) is 36.4 Å².